The molecule has 0 aromatic rings. The van der Waals surface area contributed by atoms with E-state index in [0.29, 0.717) is 19.6 Å². The molecule has 2 rings (SSSR count). The molecular formula is C16H29N3O3. The van der Waals surface area contributed by atoms with Crippen molar-refractivity contribution in [2.24, 2.45) is 11.8 Å². The van der Waals surface area contributed by atoms with E-state index in [4.69, 9.17) is 4.74 Å². The maximum atomic E-state index is 12.2. The summed E-state index contributed by atoms with van der Waals surface area (Å²) in [6, 6.07) is 0. The monoisotopic (exact) mass is 311 g/mol. The van der Waals surface area contributed by atoms with Gasteiger partial charge in [-0.1, -0.05) is 13.8 Å². The smallest absolute Gasteiger partial charge is 0.225 e. The Bertz CT molecular complexity index is 373. The summed E-state index contributed by atoms with van der Waals surface area (Å²) >= 11 is 0. The molecule has 0 bridgehead atoms. The minimum Gasteiger partial charge on any atom is -0.379 e. The van der Waals surface area contributed by atoms with Crippen molar-refractivity contribution in [3.05, 3.63) is 0 Å². The van der Waals surface area contributed by atoms with Crippen molar-refractivity contribution < 1.29 is 14.3 Å². The molecule has 0 radical (unpaired) electrons. The highest BCUT2D eigenvalue weighted by atomic mass is 16.5. The molecule has 0 aromatic heterocycles. The molecule has 0 unspecified atom stereocenters. The van der Waals surface area contributed by atoms with Crippen LogP contribution in [0.5, 0.6) is 0 Å². The average Bonchev–Trinajstić information content (AvgIpc) is 2.55. The normalized spacial score (nSPS) is 21.1. The minimum atomic E-state index is 0.0406. The lowest BCUT2D eigenvalue weighted by molar-refractivity contribution is -0.138. The summed E-state index contributed by atoms with van der Waals surface area (Å²) in [5.41, 5.74) is 0. The molecule has 2 aliphatic heterocycles. The molecule has 6 heteroatoms. The van der Waals surface area contributed by atoms with E-state index >= 15 is 0 Å². The lowest BCUT2D eigenvalue weighted by Gasteiger charge is -2.32. The van der Waals surface area contributed by atoms with Crippen LogP contribution in [0.2, 0.25) is 0 Å². The van der Waals surface area contributed by atoms with Crippen LogP contribution in [0.25, 0.3) is 0 Å². The second-order valence-electron chi connectivity index (χ2n) is 6.50. The Balaban J connectivity index is 1.63. The predicted molar refractivity (Wildman–Crippen MR) is 84.4 cm³/mol. The molecule has 0 saturated carbocycles. The van der Waals surface area contributed by atoms with Crippen LogP contribution in [0.1, 0.15) is 26.7 Å². The van der Waals surface area contributed by atoms with Gasteiger partial charge in [0.1, 0.15) is 0 Å². The second kappa shape index (κ2) is 8.48. The zero-order valence-corrected chi connectivity index (χ0v) is 13.8. The van der Waals surface area contributed by atoms with Crippen molar-refractivity contribution in [3.8, 4) is 0 Å². The van der Waals surface area contributed by atoms with Gasteiger partial charge in [-0.25, -0.2) is 0 Å². The highest BCUT2D eigenvalue weighted by molar-refractivity contribution is 5.80. The molecule has 1 N–H and O–H groups in total. The Morgan fingerprint density at radius 1 is 1.14 bits per heavy atom. The molecule has 0 spiro atoms. The van der Waals surface area contributed by atoms with E-state index in [1.165, 1.54) is 0 Å². The highest BCUT2D eigenvalue weighted by Crippen LogP contribution is 2.18. The van der Waals surface area contributed by atoms with Gasteiger partial charge in [0, 0.05) is 51.1 Å². The largest absolute Gasteiger partial charge is 0.379 e. The summed E-state index contributed by atoms with van der Waals surface area (Å²) in [5, 5.41) is 3.04. The Kier molecular flexibility index (Phi) is 6.64. The number of nitrogens with one attached hydrogen (secondary N) is 1. The molecule has 2 fully saturated rings. The lowest BCUT2D eigenvalue weighted by atomic mass is 9.95. The Morgan fingerprint density at radius 3 is 2.36 bits per heavy atom. The van der Waals surface area contributed by atoms with E-state index in [0.717, 1.165) is 45.7 Å². The van der Waals surface area contributed by atoms with E-state index in [-0.39, 0.29) is 23.7 Å². The fraction of sp³-hybridized carbons (Fsp3) is 0.875. The first-order chi connectivity index (χ1) is 10.6. The molecule has 2 amide bonds. The predicted octanol–water partition coefficient (Wildman–Crippen LogP) is 0.329. The van der Waals surface area contributed by atoms with Crippen LogP contribution >= 0.6 is 0 Å². The standard InChI is InChI=1S/C16H29N3O3/c1-13(2)16(21)19-6-3-14(4-7-19)15(20)17-5-8-18-9-11-22-12-10-18/h13-14H,3-12H2,1-2H3,(H,17,20). The number of nitrogens with zero attached hydrogens (tertiary/aromatic N) is 2. The van der Waals surface area contributed by atoms with Gasteiger partial charge in [-0.15, -0.1) is 0 Å². The van der Waals surface area contributed by atoms with Gasteiger partial charge in [0.25, 0.3) is 0 Å². The van der Waals surface area contributed by atoms with Crippen LogP contribution in [0.15, 0.2) is 0 Å². The summed E-state index contributed by atoms with van der Waals surface area (Å²) < 4.78 is 5.31. The molecule has 2 heterocycles. The van der Waals surface area contributed by atoms with E-state index in [1.54, 1.807) is 0 Å². The summed E-state index contributed by atoms with van der Waals surface area (Å²) in [7, 11) is 0. The zero-order chi connectivity index (χ0) is 15.9. The van der Waals surface area contributed by atoms with Crippen LogP contribution in [-0.2, 0) is 14.3 Å². The van der Waals surface area contributed by atoms with Crippen molar-refractivity contribution in [3.63, 3.8) is 0 Å². The molecule has 2 aliphatic rings. The molecule has 0 aromatic carbocycles. The number of ether oxygens (including phenoxy) is 1. The third kappa shape index (κ3) is 4.95. The number of hydrogen-bond donors (Lipinski definition) is 1. The Hall–Kier alpha value is -1.14. The van der Waals surface area contributed by atoms with Crippen LogP contribution in [0.3, 0.4) is 0 Å². The number of piperidine rings is 1. The van der Waals surface area contributed by atoms with E-state index in [2.05, 4.69) is 10.2 Å². The molecular weight excluding hydrogens is 282 g/mol. The third-order valence-electron chi connectivity index (χ3n) is 4.50. The third-order valence-corrected chi connectivity index (χ3v) is 4.50. The number of rotatable bonds is 5. The highest BCUT2D eigenvalue weighted by Gasteiger charge is 2.28. The van der Waals surface area contributed by atoms with Crippen LogP contribution < -0.4 is 5.32 Å². The molecule has 126 valence electrons. The van der Waals surface area contributed by atoms with Gasteiger partial charge in [-0.2, -0.15) is 0 Å². The Morgan fingerprint density at radius 2 is 1.77 bits per heavy atom. The van der Waals surface area contributed by atoms with Crippen molar-refractivity contribution >= 4 is 11.8 Å². The fourth-order valence-corrected chi connectivity index (χ4v) is 3.03. The number of morpholine rings is 1. The van der Waals surface area contributed by atoms with Gasteiger partial charge >= 0.3 is 0 Å². The average molecular weight is 311 g/mol. The molecule has 0 aliphatic carbocycles. The summed E-state index contributed by atoms with van der Waals surface area (Å²) in [5.74, 6) is 0.441. The van der Waals surface area contributed by atoms with Crippen molar-refractivity contribution in [1.29, 1.82) is 0 Å². The minimum absolute atomic E-state index is 0.0406. The van der Waals surface area contributed by atoms with Gasteiger partial charge in [-0.05, 0) is 12.8 Å². The van der Waals surface area contributed by atoms with Gasteiger partial charge in [0.15, 0.2) is 0 Å². The molecule has 22 heavy (non-hydrogen) atoms. The number of amides is 2. The Labute approximate surface area is 133 Å². The SMILES string of the molecule is CC(C)C(=O)N1CCC(C(=O)NCCN2CCOCC2)CC1. The van der Waals surface area contributed by atoms with Gasteiger partial charge in [0.05, 0.1) is 13.2 Å². The maximum absolute atomic E-state index is 12.2. The van der Waals surface area contributed by atoms with Crippen molar-refractivity contribution in [2.75, 3.05) is 52.5 Å². The molecule has 0 atom stereocenters. The summed E-state index contributed by atoms with van der Waals surface area (Å²) in [4.78, 5) is 28.3. The maximum Gasteiger partial charge on any atom is 0.225 e. The van der Waals surface area contributed by atoms with Gasteiger partial charge in [0.2, 0.25) is 11.8 Å². The van der Waals surface area contributed by atoms with Crippen LogP contribution in [-0.4, -0.2) is 74.1 Å². The second-order valence-corrected chi connectivity index (χ2v) is 6.50. The number of carbonyl (C=O) groups excluding carboxylic acids is 2. The van der Waals surface area contributed by atoms with E-state index in [1.807, 2.05) is 18.7 Å². The first-order valence-electron chi connectivity index (χ1n) is 8.44. The van der Waals surface area contributed by atoms with Crippen molar-refractivity contribution in [1.82, 2.24) is 15.1 Å². The topological polar surface area (TPSA) is 61.9 Å². The molecule has 2 saturated heterocycles. The van der Waals surface area contributed by atoms with Gasteiger partial charge in [-0.3, -0.25) is 14.5 Å². The number of likely N-dealkylation sites (tertiary alicyclic amines) is 1. The van der Waals surface area contributed by atoms with Crippen molar-refractivity contribution in [2.45, 2.75) is 26.7 Å². The number of hydrogen-bond acceptors (Lipinski definition) is 4. The van der Waals surface area contributed by atoms with Crippen LogP contribution in [0, 0.1) is 11.8 Å². The fourth-order valence-electron chi connectivity index (χ4n) is 3.03. The number of carbonyl (C=O) groups is 2. The van der Waals surface area contributed by atoms with E-state index in [9.17, 15) is 9.59 Å². The van der Waals surface area contributed by atoms with Crippen LogP contribution in [0.4, 0.5) is 0 Å². The quantitative estimate of drug-likeness (QED) is 0.795. The zero-order valence-electron chi connectivity index (χ0n) is 13.8. The first-order valence-corrected chi connectivity index (χ1v) is 8.44. The lowest BCUT2D eigenvalue weighted by Crippen LogP contribution is -2.46. The summed E-state index contributed by atoms with van der Waals surface area (Å²) in [6.45, 7) is 10.3. The first kappa shape index (κ1) is 17.2. The van der Waals surface area contributed by atoms with E-state index < -0.39 is 0 Å². The molecule has 6 nitrogen and oxygen atoms in total. The summed E-state index contributed by atoms with van der Waals surface area (Å²) in [6.07, 6.45) is 1.56. The van der Waals surface area contributed by atoms with Gasteiger partial charge < -0.3 is 15.0 Å².